The fourth-order valence-electron chi connectivity index (χ4n) is 12.1. The number of rotatable bonds is 30. The molecule has 7 fully saturated rings. The van der Waals surface area contributed by atoms with Gasteiger partial charge in [-0.1, -0.05) is 0 Å². The summed E-state index contributed by atoms with van der Waals surface area (Å²) >= 11 is 0. The third-order valence-electron chi connectivity index (χ3n) is 17.2. The summed E-state index contributed by atoms with van der Waals surface area (Å²) in [5, 5.41) is 220. The van der Waals surface area contributed by atoms with Crippen LogP contribution in [-0.4, -0.2) is 438 Å². The molecule has 0 radical (unpaired) electrons. The van der Waals surface area contributed by atoms with E-state index in [9.17, 15) is 173 Å². The maximum absolute atomic E-state index is 13.1. The van der Waals surface area contributed by atoms with Gasteiger partial charge in [0.25, 0.3) is 0 Å². The molecule has 1 amide bonds. The first-order valence-corrected chi connectivity index (χ1v) is 36.6. The van der Waals surface area contributed by atoms with Gasteiger partial charge in [0.1, 0.15) is 159 Å². The molecule has 7 saturated heterocycles. The molecule has 8 rings (SSSR count). The maximum Gasteiger partial charge on any atom is 0.397 e. The Kier molecular flexibility index (Phi) is 29.8. The summed E-state index contributed by atoms with van der Waals surface area (Å²) in [5.41, 5.74) is 0. The third-order valence-corrected chi connectivity index (χ3v) is 19.2. The van der Waals surface area contributed by atoms with Crippen LogP contribution in [0.4, 0.5) is 0 Å². The second-order valence-electron chi connectivity index (χ2n) is 24.7. The number of carbonyl (C=O) groups is 4. The molecule has 8 aliphatic rings. The topological polar surface area (TPSA) is 881 Å². The van der Waals surface area contributed by atoms with Crippen LogP contribution in [0.3, 0.4) is 0 Å². The molecular formula is C49H76N2O54S4. The van der Waals surface area contributed by atoms with Gasteiger partial charge < -0.3 is 179 Å². The predicted octanol–water partition coefficient (Wildman–Crippen LogP) is -17.5. The number of amides is 1. The molecule has 0 unspecified atom stereocenters. The van der Waals surface area contributed by atoms with E-state index in [0.717, 1.165) is 6.92 Å². The smallest absolute Gasteiger partial charge is 0.397 e. The second kappa shape index (κ2) is 36.1. The number of ether oxygens (including phenoxy) is 15. The normalized spacial score (nSPS) is 44.2. The van der Waals surface area contributed by atoms with Crippen LogP contribution in [0.1, 0.15) is 6.92 Å². The Bertz CT molecular complexity index is 3640. The van der Waals surface area contributed by atoms with Gasteiger partial charge in [0.05, 0.1) is 33.0 Å². The molecule has 0 saturated carbocycles. The van der Waals surface area contributed by atoms with E-state index >= 15 is 0 Å². The van der Waals surface area contributed by atoms with Crippen LogP contribution < -0.4 is 10.0 Å². The summed E-state index contributed by atoms with van der Waals surface area (Å²) in [6, 6.07) is -5.19. The van der Waals surface area contributed by atoms with Crippen LogP contribution in [0, 0.1) is 0 Å². The number of carboxylic acids is 3. The minimum Gasteiger partial charge on any atom is -0.506 e. The van der Waals surface area contributed by atoms with E-state index in [4.69, 9.17) is 71.1 Å². The van der Waals surface area contributed by atoms with Gasteiger partial charge in [0.15, 0.2) is 68.1 Å². The van der Waals surface area contributed by atoms with E-state index in [0.29, 0.717) is 0 Å². The van der Waals surface area contributed by atoms with Crippen LogP contribution in [0.2, 0.25) is 0 Å². The van der Waals surface area contributed by atoms with E-state index in [2.05, 4.69) is 12.5 Å². The summed E-state index contributed by atoms with van der Waals surface area (Å²) in [6.07, 6.45) is -87.1. The highest BCUT2D eigenvalue weighted by molar-refractivity contribution is 7.83. The molecular weight excluding hydrogens is 1610 g/mol. The minimum atomic E-state index is -5.85. The van der Waals surface area contributed by atoms with Crippen molar-refractivity contribution in [1.29, 1.82) is 0 Å². The molecule has 0 aromatic rings. The summed E-state index contributed by atoms with van der Waals surface area (Å²) in [4.78, 5) is 50.9. The lowest BCUT2D eigenvalue weighted by atomic mass is 9.94. The molecule has 0 aliphatic carbocycles. The molecule has 60 heteroatoms. The lowest BCUT2D eigenvalue weighted by Gasteiger charge is -2.50. The van der Waals surface area contributed by atoms with Crippen molar-refractivity contribution >= 4 is 65.3 Å². The second-order valence-corrected chi connectivity index (χ2v) is 29.1. The van der Waals surface area contributed by atoms with Gasteiger partial charge in [-0.05, 0) is 0 Å². The summed E-state index contributed by atoms with van der Waals surface area (Å²) in [7, 11) is -23.1. The average molecular weight is 1690 g/mol. The van der Waals surface area contributed by atoms with Gasteiger partial charge >= 0.3 is 59.4 Å². The first-order chi connectivity index (χ1) is 50.5. The Hall–Kier alpha value is -4.50. The van der Waals surface area contributed by atoms with Gasteiger partial charge in [-0.2, -0.15) is 38.4 Å². The zero-order chi connectivity index (χ0) is 81.5. The van der Waals surface area contributed by atoms with Crippen molar-refractivity contribution in [2.75, 3.05) is 33.0 Å². The Morgan fingerprint density at radius 1 is 0.431 bits per heavy atom. The third kappa shape index (κ3) is 21.5. The summed E-state index contributed by atoms with van der Waals surface area (Å²) in [6.45, 7) is -5.62. The fraction of sp³-hybridized carbons (Fsp3) is 0.878. The molecule has 0 aromatic heterocycles. The van der Waals surface area contributed by atoms with Gasteiger partial charge in [-0.25, -0.2) is 26.9 Å². The highest BCUT2D eigenvalue weighted by Gasteiger charge is 2.62. The zero-order valence-corrected chi connectivity index (χ0v) is 57.8. The minimum absolute atomic E-state index is 0.645. The van der Waals surface area contributed by atoms with E-state index < -0.39 is 337 Å². The number of carbonyl (C=O) groups excluding carboxylic acids is 1. The molecule has 8 heterocycles. The summed E-state index contributed by atoms with van der Waals surface area (Å²) < 4.78 is 230. The molecule has 0 bridgehead atoms. The molecule has 37 atom stereocenters. The highest BCUT2D eigenvalue weighted by atomic mass is 32.3. The van der Waals surface area contributed by atoms with E-state index in [1.54, 1.807) is 0 Å². The average Bonchev–Trinajstić information content (AvgIpc) is 0.765. The number of hydrogen-bond donors (Lipinski definition) is 26. The first kappa shape index (κ1) is 90.0. The van der Waals surface area contributed by atoms with E-state index in [1.807, 2.05) is 5.32 Å². The van der Waals surface area contributed by atoms with Crippen molar-refractivity contribution in [2.45, 2.75) is 234 Å². The molecule has 8 aliphatic heterocycles. The number of hydrogen-bond acceptors (Lipinski definition) is 47. The SMILES string of the molecule is CC(=O)N[C@H]1[C@@H](O[C@H]2[C@H](O)[C@@H](O)[C@H](O[C@H]3[C@@H](O)[C@@H](CO)O[C@@H](O[C@H]4[C@@H](O)[C@@H](CO)O[C@@H](O[C@@H]5CO[C@@H](O)[C@H](O)[C@H]5O)[C@@H]4O)[C@@H]3O)O[C@@H]2C(=O)O)O[C@H](COS(=O)(=O)O)[C@@H](O[C@@H]2O[C@@H](C(=O)O)[C@@H](O[C@H]3O[C@H](COS(=O)(=O)O)[C@@H](O[C@@H]4OC(C(=O)O)=C(O)[C@H](O)[C@H]4OS(=O)(=O)O)[C@H](O)[C@H]3NS(=O)(=O)O)[C@H](O)[C@H]2O)[C@@H]1O. The van der Waals surface area contributed by atoms with E-state index in [-0.39, 0.29) is 0 Å². The maximum atomic E-state index is 13.1. The van der Waals surface area contributed by atoms with Gasteiger partial charge in [0.2, 0.25) is 18.0 Å². The van der Waals surface area contributed by atoms with Crippen molar-refractivity contribution in [1.82, 2.24) is 10.0 Å². The lowest BCUT2D eigenvalue weighted by Crippen LogP contribution is -2.71. The van der Waals surface area contributed by atoms with Gasteiger partial charge in [-0.3, -0.25) is 23.0 Å². The Morgan fingerprint density at radius 2 is 0.826 bits per heavy atom. The Balaban J connectivity index is 1.02. The predicted molar refractivity (Wildman–Crippen MR) is 315 cm³/mol. The quantitative estimate of drug-likeness (QED) is 0.0297. The molecule has 630 valence electrons. The number of nitrogens with one attached hydrogen (secondary N) is 2. The largest absolute Gasteiger partial charge is 0.506 e. The number of aliphatic carboxylic acids is 3. The first-order valence-electron chi connectivity index (χ1n) is 31.0. The van der Waals surface area contributed by atoms with Gasteiger partial charge in [0, 0.05) is 6.92 Å². The Labute approximate surface area is 608 Å². The van der Waals surface area contributed by atoms with E-state index in [1.165, 1.54) is 4.72 Å². The molecule has 26 N–H and O–H groups in total. The Morgan fingerprint density at radius 3 is 1.23 bits per heavy atom. The number of carboxylic acid groups (broad SMARTS) is 3. The standard InChI is InChI=1S/C49H76N2O54S4/c1-7(54)50-13-18(58)29(96-45-25(65)22(62)34(38(103-45)41(73)74)101-44-14(51-106(76,77)78)19(59)30(12(95-44)6-90-108(82,83)84)97-49-36(105-109(85,86)87)21(61)20(60)35(102-49)39(69)70)11(5-89-107(79,80)81)94-43(13)100-33-23(63)26(66)46(104-37(33)40(71)72)98-32-17(57)9(3-53)92-48(28(32)68)99-31-16(56)8(2-52)91-47(27(31)67)93-10-4-88-42(75)24(64)15(10)55/h8-19,21-34,36-38,42-49,51-53,55-68,75H,2-6H2,1H3,(H,50,54)(H,69,70)(H,71,72)(H,73,74)(H,76,77,78)(H,79,80,81)(H,82,83,84)(H,85,86,87)/t8-,9-,10-,11-,12-,13-,14-,15+,16+,17+,18-,19-,21+,22-,23-,24-,25-,26-,27-,28-,29-,30-,31+,32+,33+,34+,36-,37+,38-,42-,43-,44-,45-,46-,47+,48+,49-/m1/s1. The molecule has 56 nitrogen and oxygen atoms in total. The summed E-state index contributed by atoms with van der Waals surface area (Å²) in [5.74, 6) is -11.5. The van der Waals surface area contributed by atoms with Crippen molar-refractivity contribution in [2.24, 2.45) is 0 Å². The molecule has 0 spiro atoms. The van der Waals surface area contributed by atoms with Crippen LogP contribution >= 0.6 is 0 Å². The van der Waals surface area contributed by atoms with Gasteiger partial charge in [-0.15, -0.1) is 0 Å². The lowest BCUT2D eigenvalue weighted by molar-refractivity contribution is -0.390. The van der Waals surface area contributed by atoms with Crippen LogP contribution in [0.5, 0.6) is 0 Å². The van der Waals surface area contributed by atoms with Crippen LogP contribution in [-0.2, 0) is 144 Å². The van der Waals surface area contributed by atoms with Crippen LogP contribution in [0.25, 0.3) is 0 Å². The van der Waals surface area contributed by atoms with Crippen molar-refractivity contribution in [3.8, 4) is 0 Å². The van der Waals surface area contributed by atoms with Crippen molar-refractivity contribution in [3.05, 3.63) is 11.5 Å². The number of aliphatic hydroxyl groups excluding tert-OH is 17. The fourth-order valence-corrected chi connectivity index (χ4v) is 13.8. The molecule has 0 aromatic carbocycles. The number of aliphatic hydroxyl groups is 17. The van der Waals surface area contributed by atoms with Crippen LogP contribution in [0.15, 0.2) is 11.5 Å². The zero-order valence-electron chi connectivity index (χ0n) is 54.5. The molecule has 109 heavy (non-hydrogen) atoms. The van der Waals surface area contributed by atoms with Crippen molar-refractivity contribution in [3.63, 3.8) is 0 Å². The highest BCUT2D eigenvalue weighted by Crippen LogP contribution is 2.40. The van der Waals surface area contributed by atoms with Crippen molar-refractivity contribution < 1.29 is 257 Å². The monoisotopic (exact) mass is 1680 g/mol.